The molecule has 2 heterocycles. The van der Waals surface area contributed by atoms with E-state index in [0.29, 0.717) is 23.6 Å². The molecule has 1 amide bonds. The second-order valence-corrected chi connectivity index (χ2v) is 5.47. The van der Waals surface area contributed by atoms with Crippen molar-refractivity contribution in [3.05, 3.63) is 16.6 Å². The van der Waals surface area contributed by atoms with Crippen LogP contribution in [0.25, 0.3) is 0 Å². The van der Waals surface area contributed by atoms with E-state index in [4.69, 9.17) is 5.73 Å². The molecule has 2 N–H and O–H groups in total. The molecular weight excluding hydrogens is 222 g/mol. The number of hydrogen-bond acceptors (Lipinski definition) is 4. The number of nitrogens with two attached hydrogens (primary N) is 1. The SMILES string of the molecule is N[C@@H]1CC[C@H]2CN(C(=O)c3cscn3)C[C@@H]21. The molecule has 1 saturated heterocycles. The van der Waals surface area contributed by atoms with Gasteiger partial charge in [-0.1, -0.05) is 0 Å². The summed E-state index contributed by atoms with van der Waals surface area (Å²) in [6.45, 7) is 1.69. The normalized spacial score (nSPS) is 33.1. The van der Waals surface area contributed by atoms with Gasteiger partial charge in [0.25, 0.3) is 5.91 Å². The van der Waals surface area contributed by atoms with Crippen LogP contribution in [0.4, 0.5) is 0 Å². The van der Waals surface area contributed by atoms with Gasteiger partial charge in [0, 0.05) is 24.5 Å². The molecular formula is C11H15N3OS. The number of hydrogen-bond donors (Lipinski definition) is 1. The average Bonchev–Trinajstić information content (AvgIpc) is 2.96. The molecule has 1 aromatic rings. The van der Waals surface area contributed by atoms with Crippen LogP contribution >= 0.6 is 11.3 Å². The van der Waals surface area contributed by atoms with Crippen LogP contribution in [0.3, 0.4) is 0 Å². The molecule has 1 aliphatic carbocycles. The van der Waals surface area contributed by atoms with Crippen LogP contribution in [0.1, 0.15) is 23.3 Å². The number of rotatable bonds is 1. The molecule has 0 radical (unpaired) electrons. The molecule has 2 fully saturated rings. The van der Waals surface area contributed by atoms with Crippen LogP contribution in [-0.4, -0.2) is 34.9 Å². The van der Waals surface area contributed by atoms with Crippen LogP contribution in [0.2, 0.25) is 0 Å². The largest absolute Gasteiger partial charge is 0.337 e. The average molecular weight is 237 g/mol. The second-order valence-electron chi connectivity index (χ2n) is 4.75. The molecule has 86 valence electrons. The van der Waals surface area contributed by atoms with Crippen molar-refractivity contribution in [3.8, 4) is 0 Å². The highest BCUT2D eigenvalue weighted by atomic mass is 32.1. The third kappa shape index (κ3) is 1.55. The first-order chi connectivity index (χ1) is 7.75. The Morgan fingerprint density at radius 1 is 1.50 bits per heavy atom. The first-order valence-corrected chi connectivity index (χ1v) is 6.63. The van der Waals surface area contributed by atoms with Gasteiger partial charge in [-0.3, -0.25) is 4.79 Å². The van der Waals surface area contributed by atoms with Crippen molar-refractivity contribution in [1.29, 1.82) is 0 Å². The number of likely N-dealkylation sites (tertiary alicyclic amines) is 1. The number of fused-ring (bicyclic) bond motifs is 1. The Balaban J connectivity index is 1.73. The van der Waals surface area contributed by atoms with Gasteiger partial charge < -0.3 is 10.6 Å². The van der Waals surface area contributed by atoms with Crippen LogP contribution < -0.4 is 5.73 Å². The minimum atomic E-state index is 0.0721. The molecule has 3 atom stereocenters. The molecule has 4 nitrogen and oxygen atoms in total. The van der Waals surface area contributed by atoms with Gasteiger partial charge in [-0.25, -0.2) is 4.98 Å². The maximum atomic E-state index is 12.1. The lowest BCUT2D eigenvalue weighted by molar-refractivity contribution is 0.0774. The van der Waals surface area contributed by atoms with Crippen molar-refractivity contribution in [2.24, 2.45) is 17.6 Å². The number of nitrogens with zero attached hydrogens (tertiary/aromatic N) is 2. The number of thiazole rings is 1. The summed E-state index contributed by atoms with van der Waals surface area (Å²) >= 11 is 1.47. The predicted molar refractivity (Wildman–Crippen MR) is 62.2 cm³/mol. The zero-order valence-electron chi connectivity index (χ0n) is 9.00. The van der Waals surface area contributed by atoms with Gasteiger partial charge in [0.15, 0.2) is 0 Å². The Bertz CT molecular complexity index is 392. The fourth-order valence-electron chi connectivity index (χ4n) is 2.95. The van der Waals surface area contributed by atoms with Crippen LogP contribution in [0.5, 0.6) is 0 Å². The molecule has 1 aliphatic heterocycles. The third-order valence-corrected chi connectivity index (χ3v) is 4.44. The maximum absolute atomic E-state index is 12.1. The third-order valence-electron chi connectivity index (χ3n) is 3.85. The van der Waals surface area contributed by atoms with E-state index >= 15 is 0 Å². The minimum absolute atomic E-state index is 0.0721. The number of carbonyl (C=O) groups excluding carboxylic acids is 1. The van der Waals surface area contributed by atoms with E-state index in [0.717, 1.165) is 19.5 Å². The number of amides is 1. The lowest BCUT2D eigenvalue weighted by atomic mass is 9.98. The highest BCUT2D eigenvalue weighted by molar-refractivity contribution is 7.07. The molecule has 0 unspecified atom stereocenters. The van der Waals surface area contributed by atoms with Crippen LogP contribution in [0, 0.1) is 11.8 Å². The van der Waals surface area contributed by atoms with E-state index in [2.05, 4.69) is 4.98 Å². The summed E-state index contributed by atoms with van der Waals surface area (Å²) in [6, 6.07) is 0.290. The van der Waals surface area contributed by atoms with E-state index < -0.39 is 0 Å². The van der Waals surface area contributed by atoms with Crippen molar-refractivity contribution in [3.63, 3.8) is 0 Å². The molecule has 0 spiro atoms. The summed E-state index contributed by atoms with van der Waals surface area (Å²) in [4.78, 5) is 18.1. The van der Waals surface area contributed by atoms with E-state index in [1.165, 1.54) is 17.8 Å². The van der Waals surface area contributed by atoms with E-state index in [-0.39, 0.29) is 5.91 Å². The maximum Gasteiger partial charge on any atom is 0.273 e. The first-order valence-electron chi connectivity index (χ1n) is 5.69. The first kappa shape index (κ1) is 10.2. The second kappa shape index (κ2) is 3.82. The van der Waals surface area contributed by atoms with Gasteiger partial charge in [-0.2, -0.15) is 0 Å². The molecule has 3 rings (SSSR count). The fraction of sp³-hybridized carbons (Fsp3) is 0.636. The monoisotopic (exact) mass is 237 g/mol. The zero-order chi connectivity index (χ0) is 11.1. The van der Waals surface area contributed by atoms with Gasteiger partial charge in [-0.05, 0) is 24.7 Å². The number of aromatic nitrogens is 1. The summed E-state index contributed by atoms with van der Waals surface area (Å²) in [5, 5.41) is 1.82. The van der Waals surface area contributed by atoms with Gasteiger partial charge in [-0.15, -0.1) is 11.3 Å². The van der Waals surface area contributed by atoms with E-state index in [9.17, 15) is 4.79 Å². The minimum Gasteiger partial charge on any atom is -0.337 e. The van der Waals surface area contributed by atoms with Gasteiger partial charge in [0.2, 0.25) is 0 Å². The van der Waals surface area contributed by atoms with Crippen molar-refractivity contribution >= 4 is 17.2 Å². The smallest absolute Gasteiger partial charge is 0.273 e. The summed E-state index contributed by atoms with van der Waals surface area (Å²) in [5.41, 5.74) is 8.34. The summed E-state index contributed by atoms with van der Waals surface area (Å²) in [5.74, 6) is 1.21. The summed E-state index contributed by atoms with van der Waals surface area (Å²) < 4.78 is 0. The topological polar surface area (TPSA) is 59.2 Å². The fourth-order valence-corrected chi connectivity index (χ4v) is 3.48. The molecule has 2 aliphatic rings. The quantitative estimate of drug-likeness (QED) is 0.791. The standard InChI is InChI=1S/C11H15N3OS/c12-9-2-1-7-3-14(4-8(7)9)11(15)10-5-16-6-13-10/h5-9H,1-4,12H2/t7-,8-,9+/m0/s1. The molecule has 0 bridgehead atoms. The molecule has 1 aromatic heterocycles. The van der Waals surface area contributed by atoms with Crippen molar-refractivity contribution in [2.75, 3.05) is 13.1 Å². The molecule has 5 heteroatoms. The van der Waals surface area contributed by atoms with E-state index in [1.54, 1.807) is 5.51 Å². The Hall–Kier alpha value is -0.940. The lowest BCUT2D eigenvalue weighted by Gasteiger charge is -2.17. The van der Waals surface area contributed by atoms with Gasteiger partial charge >= 0.3 is 0 Å². The predicted octanol–water partition coefficient (Wildman–Crippen LogP) is 0.952. The van der Waals surface area contributed by atoms with E-state index in [1.807, 2.05) is 10.3 Å². The zero-order valence-corrected chi connectivity index (χ0v) is 9.82. The Labute approximate surface area is 98.5 Å². The Morgan fingerprint density at radius 3 is 3.06 bits per heavy atom. The van der Waals surface area contributed by atoms with Crippen LogP contribution in [0.15, 0.2) is 10.9 Å². The van der Waals surface area contributed by atoms with Crippen molar-refractivity contribution in [1.82, 2.24) is 9.88 Å². The Kier molecular flexibility index (Phi) is 2.44. The number of carbonyl (C=O) groups is 1. The van der Waals surface area contributed by atoms with Gasteiger partial charge in [0.05, 0.1) is 5.51 Å². The summed E-state index contributed by atoms with van der Waals surface area (Å²) in [6.07, 6.45) is 2.29. The molecule has 16 heavy (non-hydrogen) atoms. The molecule has 1 saturated carbocycles. The van der Waals surface area contributed by atoms with Crippen LogP contribution in [-0.2, 0) is 0 Å². The van der Waals surface area contributed by atoms with Gasteiger partial charge in [0.1, 0.15) is 5.69 Å². The summed E-state index contributed by atoms with van der Waals surface area (Å²) in [7, 11) is 0. The van der Waals surface area contributed by atoms with Crippen molar-refractivity contribution < 1.29 is 4.79 Å². The lowest BCUT2D eigenvalue weighted by Crippen LogP contribution is -2.33. The van der Waals surface area contributed by atoms with Crippen molar-refractivity contribution in [2.45, 2.75) is 18.9 Å². The highest BCUT2D eigenvalue weighted by Crippen LogP contribution is 2.37. The Morgan fingerprint density at radius 2 is 2.38 bits per heavy atom. The highest BCUT2D eigenvalue weighted by Gasteiger charge is 2.42. The molecule has 0 aromatic carbocycles.